The molecule has 2 aliphatic rings. The van der Waals surface area contributed by atoms with Gasteiger partial charge in [-0.1, -0.05) is 0 Å². The number of benzene rings is 1. The van der Waals surface area contributed by atoms with Crippen LogP contribution in [0.5, 0.6) is 11.5 Å². The van der Waals surface area contributed by atoms with Crippen LogP contribution >= 0.6 is 0 Å². The molecule has 30 heavy (non-hydrogen) atoms. The maximum absolute atomic E-state index is 12.7. The Balaban J connectivity index is 1.34. The van der Waals surface area contributed by atoms with Gasteiger partial charge in [-0.05, 0) is 37.1 Å². The van der Waals surface area contributed by atoms with Crippen molar-refractivity contribution in [3.63, 3.8) is 0 Å². The third kappa shape index (κ3) is 4.75. The third-order valence-electron chi connectivity index (χ3n) is 5.63. The first-order valence-corrected chi connectivity index (χ1v) is 10.4. The lowest BCUT2D eigenvalue weighted by Crippen LogP contribution is -2.39. The predicted molar refractivity (Wildman–Crippen MR) is 110 cm³/mol. The SMILES string of the molecule is COc1ccc(OCC(=O)N2CCc3c(c(CCC(=O)NC4CC4)nn3C)C2)cc1. The van der Waals surface area contributed by atoms with Crippen LogP contribution in [0.25, 0.3) is 0 Å². The molecule has 160 valence electrons. The summed E-state index contributed by atoms with van der Waals surface area (Å²) in [4.78, 5) is 26.5. The van der Waals surface area contributed by atoms with E-state index in [4.69, 9.17) is 9.47 Å². The van der Waals surface area contributed by atoms with Crippen LogP contribution in [-0.4, -0.2) is 52.8 Å². The number of methoxy groups -OCH3 is 1. The van der Waals surface area contributed by atoms with E-state index in [0.29, 0.717) is 37.7 Å². The summed E-state index contributed by atoms with van der Waals surface area (Å²) in [6.07, 6.45) is 3.93. The van der Waals surface area contributed by atoms with E-state index in [1.807, 2.05) is 11.7 Å². The van der Waals surface area contributed by atoms with Gasteiger partial charge in [-0.3, -0.25) is 14.3 Å². The number of carbonyl (C=O) groups excluding carboxylic acids is 2. The maximum Gasteiger partial charge on any atom is 0.260 e. The van der Waals surface area contributed by atoms with Crippen molar-refractivity contribution in [2.45, 2.75) is 44.7 Å². The number of ether oxygens (including phenoxy) is 2. The molecule has 1 aromatic heterocycles. The summed E-state index contributed by atoms with van der Waals surface area (Å²) in [6, 6.07) is 7.54. The van der Waals surface area contributed by atoms with Gasteiger partial charge in [0.1, 0.15) is 11.5 Å². The molecule has 1 N–H and O–H groups in total. The normalized spacial score (nSPS) is 15.5. The average Bonchev–Trinajstić information content (AvgIpc) is 3.52. The molecule has 1 aliphatic carbocycles. The Morgan fingerprint density at radius 1 is 1.20 bits per heavy atom. The number of carbonyl (C=O) groups is 2. The summed E-state index contributed by atoms with van der Waals surface area (Å²) in [5.74, 6) is 1.39. The molecule has 0 atom stereocenters. The second-order valence-electron chi connectivity index (χ2n) is 7.87. The van der Waals surface area contributed by atoms with Crippen LogP contribution in [0.2, 0.25) is 0 Å². The molecule has 0 saturated heterocycles. The first-order chi connectivity index (χ1) is 14.5. The first kappa shape index (κ1) is 20.3. The quantitative estimate of drug-likeness (QED) is 0.712. The summed E-state index contributed by atoms with van der Waals surface area (Å²) < 4.78 is 12.7. The Labute approximate surface area is 176 Å². The molecule has 0 radical (unpaired) electrons. The van der Waals surface area contributed by atoms with Gasteiger partial charge in [-0.25, -0.2) is 0 Å². The van der Waals surface area contributed by atoms with Gasteiger partial charge in [0.15, 0.2) is 6.61 Å². The highest BCUT2D eigenvalue weighted by Gasteiger charge is 2.28. The minimum Gasteiger partial charge on any atom is -0.497 e. The molecular weight excluding hydrogens is 384 g/mol. The minimum atomic E-state index is -0.0576. The molecule has 2 amide bonds. The van der Waals surface area contributed by atoms with Crippen molar-refractivity contribution >= 4 is 11.8 Å². The summed E-state index contributed by atoms with van der Waals surface area (Å²) >= 11 is 0. The van der Waals surface area contributed by atoms with Gasteiger partial charge in [0.25, 0.3) is 5.91 Å². The van der Waals surface area contributed by atoms with Crippen LogP contribution in [0, 0.1) is 0 Å². The zero-order valence-electron chi connectivity index (χ0n) is 17.5. The standard InChI is InChI=1S/C22H28N4O4/c1-25-20-11-12-26(22(28)14-30-17-7-5-16(29-2)6-8-17)13-18(20)19(24-25)9-10-21(27)23-15-3-4-15/h5-8,15H,3-4,9-14H2,1-2H3,(H,23,27). The zero-order chi connectivity index (χ0) is 21.1. The number of rotatable bonds is 8. The van der Waals surface area contributed by atoms with Crippen LogP contribution in [0.3, 0.4) is 0 Å². The molecule has 1 aliphatic heterocycles. The number of hydrogen-bond acceptors (Lipinski definition) is 5. The van der Waals surface area contributed by atoms with Gasteiger partial charge in [0.05, 0.1) is 12.8 Å². The van der Waals surface area contributed by atoms with Crippen LogP contribution in [0.15, 0.2) is 24.3 Å². The molecule has 8 heteroatoms. The van der Waals surface area contributed by atoms with Crippen molar-refractivity contribution in [3.8, 4) is 11.5 Å². The highest BCUT2D eigenvalue weighted by atomic mass is 16.5. The highest BCUT2D eigenvalue weighted by Crippen LogP contribution is 2.24. The second-order valence-corrected chi connectivity index (χ2v) is 7.87. The first-order valence-electron chi connectivity index (χ1n) is 10.4. The number of fused-ring (bicyclic) bond motifs is 1. The molecule has 1 fully saturated rings. The van der Waals surface area contributed by atoms with Crippen LogP contribution < -0.4 is 14.8 Å². The Hall–Kier alpha value is -3.03. The lowest BCUT2D eigenvalue weighted by molar-refractivity contribution is -0.134. The molecule has 0 spiro atoms. The van der Waals surface area contributed by atoms with E-state index in [9.17, 15) is 9.59 Å². The van der Waals surface area contributed by atoms with Gasteiger partial charge >= 0.3 is 0 Å². The lowest BCUT2D eigenvalue weighted by atomic mass is 10.0. The largest absolute Gasteiger partial charge is 0.497 e. The van der Waals surface area contributed by atoms with Crippen molar-refractivity contribution in [1.82, 2.24) is 20.0 Å². The van der Waals surface area contributed by atoms with Gasteiger partial charge < -0.3 is 19.7 Å². The Bertz CT molecular complexity index is 918. The third-order valence-corrected chi connectivity index (χ3v) is 5.63. The topological polar surface area (TPSA) is 85.7 Å². The summed E-state index contributed by atoms with van der Waals surface area (Å²) in [5.41, 5.74) is 3.13. The predicted octanol–water partition coefficient (Wildman–Crippen LogP) is 1.60. The van der Waals surface area contributed by atoms with Crippen LogP contribution in [0.4, 0.5) is 0 Å². The monoisotopic (exact) mass is 412 g/mol. The number of aryl methyl sites for hydroxylation is 2. The van der Waals surface area contributed by atoms with Crippen molar-refractivity contribution < 1.29 is 19.1 Å². The molecule has 2 heterocycles. The van der Waals surface area contributed by atoms with E-state index >= 15 is 0 Å². The molecule has 1 saturated carbocycles. The Morgan fingerprint density at radius 2 is 1.93 bits per heavy atom. The van der Waals surface area contributed by atoms with Gasteiger partial charge in [0.2, 0.25) is 5.91 Å². The van der Waals surface area contributed by atoms with Crippen molar-refractivity contribution in [1.29, 1.82) is 0 Å². The number of amides is 2. The maximum atomic E-state index is 12.7. The molecule has 0 unspecified atom stereocenters. The van der Waals surface area contributed by atoms with E-state index < -0.39 is 0 Å². The van der Waals surface area contributed by atoms with Crippen LogP contribution in [-0.2, 0) is 36.0 Å². The average molecular weight is 412 g/mol. The summed E-state index contributed by atoms with van der Waals surface area (Å²) in [7, 11) is 3.53. The smallest absolute Gasteiger partial charge is 0.260 e. The Morgan fingerprint density at radius 3 is 2.63 bits per heavy atom. The van der Waals surface area contributed by atoms with E-state index in [2.05, 4.69) is 10.4 Å². The fourth-order valence-corrected chi connectivity index (χ4v) is 3.75. The summed E-state index contributed by atoms with van der Waals surface area (Å²) in [5, 5.41) is 7.63. The molecule has 2 aromatic rings. The van der Waals surface area contributed by atoms with E-state index in [1.54, 1.807) is 36.3 Å². The molecule has 0 bridgehead atoms. The van der Waals surface area contributed by atoms with Gasteiger partial charge in [-0.15, -0.1) is 0 Å². The van der Waals surface area contributed by atoms with E-state index in [-0.39, 0.29) is 18.4 Å². The van der Waals surface area contributed by atoms with Gasteiger partial charge in [-0.2, -0.15) is 5.10 Å². The van der Waals surface area contributed by atoms with Crippen molar-refractivity contribution in [2.75, 3.05) is 20.3 Å². The number of nitrogens with one attached hydrogen (secondary N) is 1. The highest BCUT2D eigenvalue weighted by molar-refractivity contribution is 5.78. The minimum absolute atomic E-state index is 0.0128. The summed E-state index contributed by atoms with van der Waals surface area (Å²) in [6.45, 7) is 1.13. The van der Waals surface area contributed by atoms with E-state index in [1.165, 1.54) is 0 Å². The van der Waals surface area contributed by atoms with Crippen molar-refractivity contribution in [3.05, 3.63) is 41.2 Å². The fourth-order valence-electron chi connectivity index (χ4n) is 3.75. The molecular formula is C22H28N4O4. The van der Waals surface area contributed by atoms with E-state index in [0.717, 1.165) is 42.0 Å². The van der Waals surface area contributed by atoms with Gasteiger partial charge in [0, 0.05) is 56.7 Å². The fraction of sp³-hybridized carbons (Fsp3) is 0.500. The lowest BCUT2D eigenvalue weighted by Gasteiger charge is -2.27. The van der Waals surface area contributed by atoms with Crippen LogP contribution in [0.1, 0.15) is 36.2 Å². The molecule has 1 aromatic carbocycles. The second kappa shape index (κ2) is 8.77. The number of nitrogens with zero attached hydrogens (tertiary/aromatic N) is 3. The Kier molecular flexibility index (Phi) is 5.92. The number of hydrogen-bond donors (Lipinski definition) is 1. The molecule has 8 nitrogen and oxygen atoms in total. The molecule has 4 rings (SSSR count). The number of aromatic nitrogens is 2. The van der Waals surface area contributed by atoms with Crippen molar-refractivity contribution in [2.24, 2.45) is 7.05 Å². The zero-order valence-corrected chi connectivity index (χ0v) is 17.5.